The van der Waals surface area contributed by atoms with Gasteiger partial charge in [-0.2, -0.15) is 5.26 Å². The lowest BCUT2D eigenvalue weighted by Crippen LogP contribution is -2.40. The van der Waals surface area contributed by atoms with E-state index in [1.807, 2.05) is 0 Å². The Kier molecular flexibility index (Phi) is 2.54. The van der Waals surface area contributed by atoms with E-state index in [1.54, 1.807) is 31.2 Å². The quantitative estimate of drug-likeness (QED) is 0.632. The van der Waals surface area contributed by atoms with Gasteiger partial charge in [-0.3, -0.25) is 4.79 Å². The van der Waals surface area contributed by atoms with Crippen molar-refractivity contribution in [2.45, 2.75) is 12.5 Å². The fourth-order valence-corrected chi connectivity index (χ4v) is 2.31. The predicted molar refractivity (Wildman–Crippen MR) is 65.8 cm³/mol. The van der Waals surface area contributed by atoms with Gasteiger partial charge in [-0.1, -0.05) is 6.07 Å². The molecular weight excluding hydrogens is 262 g/mol. The Hall–Kier alpha value is -2.75. The molecule has 1 N–H and O–H groups in total. The summed E-state index contributed by atoms with van der Waals surface area (Å²) < 4.78 is 10.5. The van der Waals surface area contributed by atoms with Crippen molar-refractivity contribution in [2.24, 2.45) is 0 Å². The maximum atomic E-state index is 12.3. The van der Waals surface area contributed by atoms with Gasteiger partial charge in [-0.25, -0.2) is 9.69 Å². The summed E-state index contributed by atoms with van der Waals surface area (Å²) in [6, 6.07) is 6.28. The summed E-state index contributed by atoms with van der Waals surface area (Å²) in [5.74, 6) is 0.676. The van der Waals surface area contributed by atoms with E-state index in [0.717, 1.165) is 4.90 Å². The Morgan fingerprint density at radius 1 is 1.40 bits per heavy atom. The minimum absolute atomic E-state index is 0.135. The fourth-order valence-electron chi connectivity index (χ4n) is 2.31. The number of nitrogens with one attached hydrogen (secondary N) is 1. The van der Waals surface area contributed by atoms with E-state index in [9.17, 15) is 9.59 Å². The average molecular weight is 273 g/mol. The highest BCUT2D eigenvalue weighted by Gasteiger charge is 2.49. The van der Waals surface area contributed by atoms with Gasteiger partial charge < -0.3 is 14.8 Å². The van der Waals surface area contributed by atoms with Gasteiger partial charge in [0.05, 0.1) is 6.07 Å². The van der Waals surface area contributed by atoms with Crippen LogP contribution in [-0.4, -0.2) is 30.2 Å². The molecule has 0 saturated carbocycles. The van der Waals surface area contributed by atoms with Crippen molar-refractivity contribution in [3.05, 3.63) is 23.8 Å². The van der Waals surface area contributed by atoms with Crippen LogP contribution in [-0.2, 0) is 10.3 Å². The first kappa shape index (κ1) is 12.3. The molecule has 7 heteroatoms. The molecule has 1 saturated heterocycles. The maximum absolute atomic E-state index is 12.3. The van der Waals surface area contributed by atoms with Crippen LogP contribution in [0.25, 0.3) is 0 Å². The molecule has 3 rings (SSSR count). The molecule has 102 valence electrons. The number of nitriles is 1. The van der Waals surface area contributed by atoms with Gasteiger partial charge in [-0.05, 0) is 24.6 Å². The molecule has 0 spiro atoms. The molecular formula is C13H11N3O4. The fraction of sp³-hybridized carbons (Fsp3) is 0.308. The number of fused-ring (bicyclic) bond motifs is 1. The number of rotatable bonds is 2. The number of carbonyl (C=O) groups excluding carboxylic acids is 2. The Balaban J connectivity index is 1.99. The lowest BCUT2D eigenvalue weighted by molar-refractivity contribution is -0.130. The zero-order valence-corrected chi connectivity index (χ0v) is 10.7. The van der Waals surface area contributed by atoms with Crippen LogP contribution in [0.1, 0.15) is 12.5 Å². The Labute approximate surface area is 114 Å². The van der Waals surface area contributed by atoms with Crippen LogP contribution in [0.5, 0.6) is 11.5 Å². The standard InChI is InChI=1S/C13H11N3O4/c1-13(11(17)16(5-4-14)12(18)15-13)8-2-3-9-10(6-8)20-7-19-9/h2-3,6H,5,7H2,1H3,(H,15,18)/t13-/m0/s1. The molecule has 0 unspecified atom stereocenters. The van der Waals surface area contributed by atoms with Gasteiger partial charge in [0.15, 0.2) is 11.5 Å². The third-order valence-corrected chi connectivity index (χ3v) is 3.45. The summed E-state index contributed by atoms with van der Waals surface area (Å²) in [7, 11) is 0. The van der Waals surface area contributed by atoms with Crippen LogP contribution >= 0.6 is 0 Å². The van der Waals surface area contributed by atoms with E-state index in [1.165, 1.54) is 0 Å². The predicted octanol–water partition coefficient (Wildman–Crippen LogP) is 0.706. The first-order chi connectivity index (χ1) is 9.56. The van der Waals surface area contributed by atoms with E-state index in [0.29, 0.717) is 17.1 Å². The molecule has 1 aromatic rings. The summed E-state index contributed by atoms with van der Waals surface area (Å²) in [5, 5.41) is 11.3. The van der Waals surface area contributed by atoms with Gasteiger partial charge in [0.2, 0.25) is 6.79 Å². The van der Waals surface area contributed by atoms with Crippen molar-refractivity contribution in [3.8, 4) is 17.6 Å². The number of benzene rings is 1. The molecule has 0 bridgehead atoms. The van der Waals surface area contributed by atoms with Crippen LogP contribution in [0.2, 0.25) is 0 Å². The van der Waals surface area contributed by atoms with Crippen molar-refractivity contribution in [1.29, 1.82) is 5.26 Å². The molecule has 2 aliphatic rings. The van der Waals surface area contributed by atoms with Crippen molar-refractivity contribution in [2.75, 3.05) is 13.3 Å². The molecule has 0 aromatic heterocycles. The van der Waals surface area contributed by atoms with E-state index in [2.05, 4.69) is 5.32 Å². The molecule has 2 heterocycles. The summed E-state index contributed by atoms with van der Waals surface area (Å²) in [6.07, 6.45) is 0. The largest absolute Gasteiger partial charge is 0.454 e. The zero-order valence-electron chi connectivity index (χ0n) is 10.7. The van der Waals surface area contributed by atoms with Crippen LogP contribution < -0.4 is 14.8 Å². The van der Waals surface area contributed by atoms with E-state index < -0.39 is 17.5 Å². The smallest absolute Gasteiger partial charge is 0.326 e. The second-order valence-electron chi connectivity index (χ2n) is 4.67. The molecule has 0 radical (unpaired) electrons. The Morgan fingerprint density at radius 2 is 2.15 bits per heavy atom. The summed E-state index contributed by atoms with van der Waals surface area (Å²) in [6.45, 7) is 1.46. The highest BCUT2D eigenvalue weighted by atomic mass is 16.7. The highest BCUT2D eigenvalue weighted by Crippen LogP contribution is 2.37. The second-order valence-corrected chi connectivity index (χ2v) is 4.67. The molecule has 1 aromatic carbocycles. The molecule has 7 nitrogen and oxygen atoms in total. The minimum Gasteiger partial charge on any atom is -0.454 e. The van der Waals surface area contributed by atoms with Crippen molar-refractivity contribution in [1.82, 2.24) is 10.2 Å². The first-order valence-electron chi connectivity index (χ1n) is 5.97. The summed E-state index contributed by atoms with van der Waals surface area (Å²) >= 11 is 0. The number of imide groups is 1. The zero-order chi connectivity index (χ0) is 14.3. The van der Waals surface area contributed by atoms with Crippen LogP contribution in [0.15, 0.2) is 18.2 Å². The third-order valence-electron chi connectivity index (χ3n) is 3.45. The van der Waals surface area contributed by atoms with Gasteiger partial charge in [0, 0.05) is 0 Å². The lowest BCUT2D eigenvalue weighted by atomic mass is 9.91. The topological polar surface area (TPSA) is 91.7 Å². The number of hydrogen-bond donors (Lipinski definition) is 1. The van der Waals surface area contributed by atoms with Crippen molar-refractivity contribution >= 4 is 11.9 Å². The van der Waals surface area contributed by atoms with Gasteiger partial charge >= 0.3 is 6.03 Å². The number of urea groups is 1. The number of hydrogen-bond acceptors (Lipinski definition) is 5. The molecule has 20 heavy (non-hydrogen) atoms. The third kappa shape index (κ3) is 1.58. The molecule has 1 atom stereocenters. The molecule has 3 amide bonds. The summed E-state index contributed by atoms with van der Waals surface area (Å²) in [4.78, 5) is 25.0. The first-order valence-corrected chi connectivity index (χ1v) is 5.97. The highest BCUT2D eigenvalue weighted by molar-refractivity contribution is 6.07. The van der Waals surface area contributed by atoms with Gasteiger partial charge in [-0.15, -0.1) is 0 Å². The number of amides is 3. The number of ether oxygens (including phenoxy) is 2. The summed E-state index contributed by atoms with van der Waals surface area (Å²) in [5.41, 5.74) is -0.616. The van der Waals surface area contributed by atoms with E-state index in [-0.39, 0.29) is 13.3 Å². The molecule has 2 aliphatic heterocycles. The van der Waals surface area contributed by atoms with Gasteiger partial charge in [0.25, 0.3) is 5.91 Å². The number of nitrogens with zero attached hydrogens (tertiary/aromatic N) is 2. The second kappa shape index (κ2) is 4.13. The average Bonchev–Trinajstić information content (AvgIpc) is 2.97. The normalized spacial score (nSPS) is 23.7. The SMILES string of the molecule is C[C@@]1(c2ccc3c(c2)OCO3)NC(=O)N(CC#N)C1=O. The van der Waals surface area contributed by atoms with E-state index >= 15 is 0 Å². The minimum atomic E-state index is -1.20. The maximum Gasteiger partial charge on any atom is 0.326 e. The monoisotopic (exact) mass is 273 g/mol. The van der Waals surface area contributed by atoms with Gasteiger partial charge in [0.1, 0.15) is 12.1 Å². The number of carbonyl (C=O) groups is 2. The van der Waals surface area contributed by atoms with Crippen LogP contribution in [0, 0.1) is 11.3 Å². The lowest BCUT2D eigenvalue weighted by Gasteiger charge is -2.22. The Morgan fingerprint density at radius 3 is 2.90 bits per heavy atom. The van der Waals surface area contributed by atoms with Crippen LogP contribution in [0.3, 0.4) is 0 Å². The van der Waals surface area contributed by atoms with E-state index in [4.69, 9.17) is 14.7 Å². The van der Waals surface area contributed by atoms with Crippen molar-refractivity contribution < 1.29 is 19.1 Å². The van der Waals surface area contributed by atoms with Crippen LogP contribution in [0.4, 0.5) is 4.79 Å². The van der Waals surface area contributed by atoms with Crippen molar-refractivity contribution in [3.63, 3.8) is 0 Å². The molecule has 0 aliphatic carbocycles. The molecule has 1 fully saturated rings. The Bertz CT molecular complexity index is 652.